The van der Waals surface area contributed by atoms with Crippen LogP contribution in [-0.4, -0.2) is 24.3 Å². The van der Waals surface area contributed by atoms with Gasteiger partial charge in [-0.1, -0.05) is 26.0 Å². The van der Waals surface area contributed by atoms with Crippen molar-refractivity contribution in [2.45, 2.75) is 26.3 Å². The minimum absolute atomic E-state index is 0.0978. The molecule has 1 aromatic heterocycles. The summed E-state index contributed by atoms with van der Waals surface area (Å²) in [5.41, 5.74) is 1.16. The lowest BCUT2D eigenvalue weighted by Gasteiger charge is -2.23. The average Bonchev–Trinajstić information content (AvgIpc) is 2.61. The number of thiocarbonyl (C=S) groups is 1. The molecule has 5 nitrogen and oxygen atoms in total. The van der Waals surface area contributed by atoms with E-state index in [-0.39, 0.29) is 6.04 Å². The topological polar surface area (TPSA) is 55.4 Å². The summed E-state index contributed by atoms with van der Waals surface area (Å²) in [6.07, 6.45) is 2.65. The van der Waals surface area contributed by atoms with Crippen molar-refractivity contribution in [1.82, 2.24) is 10.3 Å². The first-order valence-electron chi connectivity index (χ1n) is 8.24. The molecule has 1 heterocycles. The van der Waals surface area contributed by atoms with Gasteiger partial charge < -0.3 is 20.1 Å². The van der Waals surface area contributed by atoms with E-state index < -0.39 is 0 Å². The number of anilines is 1. The van der Waals surface area contributed by atoms with Crippen LogP contribution in [0.3, 0.4) is 0 Å². The van der Waals surface area contributed by atoms with Crippen LogP contribution in [0.4, 0.5) is 5.82 Å². The zero-order valence-electron chi connectivity index (χ0n) is 15.1. The van der Waals surface area contributed by atoms with Crippen molar-refractivity contribution >= 4 is 23.1 Å². The second-order valence-electron chi connectivity index (χ2n) is 6.11. The highest BCUT2D eigenvalue weighted by molar-refractivity contribution is 7.80. The molecule has 25 heavy (non-hydrogen) atoms. The number of nitrogens with zero attached hydrogens (tertiary/aromatic N) is 1. The molecule has 0 aliphatic heterocycles. The Hall–Kier alpha value is -2.34. The van der Waals surface area contributed by atoms with Crippen molar-refractivity contribution in [3.8, 4) is 11.5 Å². The molecule has 0 aliphatic carbocycles. The summed E-state index contributed by atoms with van der Waals surface area (Å²) < 4.78 is 10.5. The first-order chi connectivity index (χ1) is 12.0. The van der Waals surface area contributed by atoms with Crippen LogP contribution in [-0.2, 0) is 0 Å². The number of ether oxygens (including phenoxy) is 2. The van der Waals surface area contributed by atoms with Gasteiger partial charge in [0.25, 0.3) is 0 Å². The quantitative estimate of drug-likeness (QED) is 0.724. The fourth-order valence-corrected chi connectivity index (χ4v) is 2.78. The largest absolute Gasteiger partial charge is 0.497 e. The number of nitrogens with one attached hydrogen (secondary N) is 2. The van der Waals surface area contributed by atoms with Crippen LogP contribution in [0.15, 0.2) is 42.6 Å². The Bertz CT molecular complexity index is 689. The van der Waals surface area contributed by atoms with Gasteiger partial charge in [0.05, 0.1) is 20.3 Å². The molecule has 0 aliphatic rings. The molecule has 1 unspecified atom stereocenters. The van der Waals surface area contributed by atoms with Crippen LogP contribution in [0.25, 0.3) is 0 Å². The Kier molecular flexibility index (Phi) is 7.01. The Balaban J connectivity index is 2.11. The molecule has 6 heteroatoms. The monoisotopic (exact) mass is 359 g/mol. The minimum Gasteiger partial charge on any atom is -0.497 e. The molecule has 0 fully saturated rings. The normalized spacial score (nSPS) is 11.7. The highest BCUT2D eigenvalue weighted by Crippen LogP contribution is 2.24. The van der Waals surface area contributed by atoms with Gasteiger partial charge in [-0.05, 0) is 54.4 Å². The van der Waals surface area contributed by atoms with Crippen molar-refractivity contribution in [2.24, 2.45) is 5.92 Å². The molecule has 2 aromatic rings. The molecule has 0 saturated carbocycles. The van der Waals surface area contributed by atoms with E-state index in [1.807, 2.05) is 24.3 Å². The molecule has 0 amide bonds. The molecule has 0 saturated heterocycles. The Labute approximate surface area is 154 Å². The van der Waals surface area contributed by atoms with Gasteiger partial charge in [0.2, 0.25) is 0 Å². The molecule has 0 radical (unpaired) electrons. The van der Waals surface area contributed by atoms with Crippen molar-refractivity contribution in [1.29, 1.82) is 0 Å². The minimum atomic E-state index is 0.0978. The number of methoxy groups -OCH3 is 2. The summed E-state index contributed by atoms with van der Waals surface area (Å²) in [4.78, 5) is 4.27. The van der Waals surface area contributed by atoms with Crippen LogP contribution >= 0.6 is 12.2 Å². The first-order valence-corrected chi connectivity index (χ1v) is 8.64. The van der Waals surface area contributed by atoms with Gasteiger partial charge >= 0.3 is 0 Å². The Morgan fingerprint density at radius 1 is 1.12 bits per heavy atom. The molecule has 1 aromatic carbocycles. The molecule has 0 bridgehead atoms. The van der Waals surface area contributed by atoms with Gasteiger partial charge in [-0.25, -0.2) is 4.98 Å². The summed E-state index contributed by atoms with van der Waals surface area (Å²) in [6, 6.07) is 11.8. The highest BCUT2D eigenvalue weighted by Gasteiger charge is 2.16. The molecular weight excluding hydrogens is 334 g/mol. The van der Waals surface area contributed by atoms with Gasteiger partial charge in [0.1, 0.15) is 5.75 Å². The summed E-state index contributed by atoms with van der Waals surface area (Å²) in [5.74, 6) is 2.61. The third-order valence-electron chi connectivity index (χ3n) is 3.75. The average molecular weight is 359 g/mol. The first kappa shape index (κ1) is 19.0. The molecular formula is C19H25N3O2S. The zero-order valence-corrected chi connectivity index (χ0v) is 15.9. The standard InChI is InChI=1S/C19H25N3O2S/c1-13(2)12-16(14-7-9-15(23-3)10-8-14)21-19(25)22-18-17(24-4)6-5-11-20-18/h5-11,13,16H,12H2,1-4H3,(H2,20,21,22,25). The van der Waals surface area contributed by atoms with Crippen LogP contribution < -0.4 is 20.1 Å². The van der Waals surface area contributed by atoms with Gasteiger partial charge in [-0.15, -0.1) is 0 Å². The van der Waals surface area contributed by atoms with E-state index in [0.717, 1.165) is 17.7 Å². The van der Waals surface area contributed by atoms with Crippen LogP contribution in [0.5, 0.6) is 11.5 Å². The Morgan fingerprint density at radius 3 is 2.44 bits per heavy atom. The van der Waals surface area contributed by atoms with Crippen LogP contribution in [0.2, 0.25) is 0 Å². The summed E-state index contributed by atoms with van der Waals surface area (Å²) in [6.45, 7) is 4.38. The van der Waals surface area contributed by atoms with Crippen LogP contribution in [0, 0.1) is 5.92 Å². The fraction of sp³-hybridized carbons (Fsp3) is 0.368. The van der Waals surface area contributed by atoms with Crippen molar-refractivity contribution < 1.29 is 9.47 Å². The fourth-order valence-electron chi connectivity index (χ4n) is 2.54. The van der Waals surface area contributed by atoms with E-state index in [0.29, 0.717) is 22.6 Å². The number of hydrogen-bond acceptors (Lipinski definition) is 4. The van der Waals surface area contributed by atoms with Crippen molar-refractivity contribution in [3.05, 3.63) is 48.2 Å². The predicted octanol–water partition coefficient (Wildman–Crippen LogP) is 4.17. The third-order valence-corrected chi connectivity index (χ3v) is 3.97. The number of aromatic nitrogens is 1. The van der Waals surface area contributed by atoms with Crippen LogP contribution in [0.1, 0.15) is 31.9 Å². The lowest BCUT2D eigenvalue weighted by molar-refractivity contribution is 0.414. The second-order valence-corrected chi connectivity index (χ2v) is 6.52. The van der Waals surface area contributed by atoms with Gasteiger partial charge in [0, 0.05) is 6.20 Å². The van der Waals surface area contributed by atoms with E-state index in [1.54, 1.807) is 20.4 Å². The Morgan fingerprint density at radius 2 is 1.84 bits per heavy atom. The van der Waals surface area contributed by atoms with E-state index in [9.17, 15) is 0 Å². The van der Waals surface area contributed by atoms with E-state index in [1.165, 1.54) is 0 Å². The maximum absolute atomic E-state index is 5.48. The lowest BCUT2D eigenvalue weighted by Crippen LogP contribution is -2.33. The van der Waals surface area contributed by atoms with E-state index in [4.69, 9.17) is 21.7 Å². The number of pyridine rings is 1. The summed E-state index contributed by atoms with van der Waals surface area (Å²) >= 11 is 5.48. The van der Waals surface area contributed by atoms with Gasteiger partial charge in [-0.3, -0.25) is 0 Å². The third kappa shape index (κ3) is 5.60. The second kappa shape index (κ2) is 9.22. The maximum Gasteiger partial charge on any atom is 0.174 e. The van der Waals surface area contributed by atoms with Crippen molar-refractivity contribution in [2.75, 3.05) is 19.5 Å². The van der Waals surface area contributed by atoms with Gasteiger partial charge in [-0.2, -0.15) is 0 Å². The molecule has 0 spiro atoms. The molecule has 134 valence electrons. The van der Waals surface area contributed by atoms with E-state index >= 15 is 0 Å². The summed E-state index contributed by atoms with van der Waals surface area (Å²) in [5, 5.41) is 7.02. The lowest BCUT2D eigenvalue weighted by atomic mass is 9.97. The molecule has 2 N–H and O–H groups in total. The zero-order chi connectivity index (χ0) is 18.2. The van der Waals surface area contributed by atoms with Crippen molar-refractivity contribution in [3.63, 3.8) is 0 Å². The predicted molar refractivity (Wildman–Crippen MR) is 105 cm³/mol. The summed E-state index contributed by atoms with van der Waals surface area (Å²) in [7, 11) is 3.27. The number of benzene rings is 1. The maximum atomic E-state index is 5.48. The molecule has 1 atom stereocenters. The number of rotatable bonds is 7. The highest BCUT2D eigenvalue weighted by atomic mass is 32.1. The smallest absolute Gasteiger partial charge is 0.174 e. The van der Waals surface area contributed by atoms with Gasteiger partial charge in [0.15, 0.2) is 16.7 Å². The van der Waals surface area contributed by atoms with E-state index in [2.05, 4.69) is 41.6 Å². The SMILES string of the molecule is COc1ccc(C(CC(C)C)NC(=S)Nc2ncccc2OC)cc1. The number of hydrogen-bond donors (Lipinski definition) is 2. The molecule has 2 rings (SSSR count).